The summed E-state index contributed by atoms with van der Waals surface area (Å²) in [5, 5.41) is 9.24. The fourth-order valence-corrected chi connectivity index (χ4v) is 4.86. The molecule has 4 rings (SSSR count). The topological polar surface area (TPSA) is 78.3 Å². The van der Waals surface area contributed by atoms with Gasteiger partial charge in [0.2, 0.25) is 11.1 Å². The van der Waals surface area contributed by atoms with Crippen LogP contribution in [0, 0.1) is 0 Å². The molecule has 0 saturated carbocycles. The second-order valence-electron chi connectivity index (χ2n) is 7.87. The summed E-state index contributed by atoms with van der Waals surface area (Å²) in [6.07, 6.45) is 2.03. The van der Waals surface area contributed by atoms with Crippen molar-refractivity contribution >= 4 is 35.3 Å². The molecule has 1 aliphatic heterocycles. The maximum Gasteiger partial charge on any atom is 0.338 e. The van der Waals surface area contributed by atoms with E-state index in [1.807, 2.05) is 55.5 Å². The van der Waals surface area contributed by atoms with Crippen LogP contribution in [0.15, 0.2) is 65.0 Å². The Morgan fingerprint density at radius 3 is 2.82 bits per heavy atom. The average molecular weight is 499 g/mol. The highest BCUT2D eigenvalue weighted by atomic mass is 35.5. The molecule has 1 aromatic heterocycles. The number of benzene rings is 2. The fraction of sp³-hybridized carbons (Fsp3) is 0.320. The first-order valence-corrected chi connectivity index (χ1v) is 12.5. The second kappa shape index (κ2) is 11.0. The van der Waals surface area contributed by atoms with Crippen LogP contribution in [0.1, 0.15) is 43.9 Å². The van der Waals surface area contributed by atoms with Gasteiger partial charge in [-0.25, -0.2) is 9.48 Å². The molecule has 0 amide bonds. The van der Waals surface area contributed by atoms with Crippen LogP contribution in [0.4, 0.5) is 5.95 Å². The predicted molar refractivity (Wildman–Crippen MR) is 134 cm³/mol. The van der Waals surface area contributed by atoms with Gasteiger partial charge in [-0.05, 0) is 42.7 Å². The van der Waals surface area contributed by atoms with Crippen LogP contribution in [0.3, 0.4) is 0 Å². The Labute approximate surface area is 208 Å². The quantitative estimate of drug-likeness (QED) is 0.225. The van der Waals surface area contributed by atoms with E-state index in [-0.39, 0.29) is 0 Å². The molecule has 1 aliphatic rings. The summed E-state index contributed by atoms with van der Waals surface area (Å²) in [6, 6.07) is 15.0. The van der Waals surface area contributed by atoms with Gasteiger partial charge in [-0.2, -0.15) is 4.98 Å². The summed E-state index contributed by atoms with van der Waals surface area (Å²) in [7, 11) is 1.38. The van der Waals surface area contributed by atoms with Gasteiger partial charge in [-0.15, -0.1) is 5.10 Å². The molecule has 0 saturated heterocycles. The lowest BCUT2D eigenvalue weighted by Crippen LogP contribution is -2.29. The number of nitrogens with one attached hydrogen (secondary N) is 1. The van der Waals surface area contributed by atoms with Crippen LogP contribution < -0.4 is 10.1 Å². The maximum atomic E-state index is 12.8. The smallest absolute Gasteiger partial charge is 0.338 e. The van der Waals surface area contributed by atoms with E-state index in [0.717, 1.165) is 29.7 Å². The van der Waals surface area contributed by atoms with Crippen molar-refractivity contribution in [3.05, 3.63) is 76.0 Å². The molecule has 7 nitrogen and oxygen atoms in total. The van der Waals surface area contributed by atoms with Gasteiger partial charge in [0.15, 0.2) is 0 Å². The molecule has 0 radical (unpaired) electrons. The number of allylic oxidation sites excluding steroid dienone is 1. The molecule has 9 heteroatoms. The number of rotatable bonds is 9. The number of aromatic nitrogens is 3. The normalized spacial score (nSPS) is 15.0. The Morgan fingerprint density at radius 1 is 1.24 bits per heavy atom. The predicted octanol–water partition coefficient (Wildman–Crippen LogP) is 5.86. The Hall–Kier alpha value is -2.97. The highest BCUT2D eigenvalue weighted by molar-refractivity contribution is 7.98. The van der Waals surface area contributed by atoms with Crippen LogP contribution in [0.25, 0.3) is 0 Å². The number of unbranched alkanes of at least 4 members (excludes halogenated alkanes) is 1. The van der Waals surface area contributed by atoms with Crippen molar-refractivity contribution in [2.45, 2.75) is 43.6 Å². The van der Waals surface area contributed by atoms with Crippen molar-refractivity contribution in [1.82, 2.24) is 14.8 Å². The van der Waals surface area contributed by atoms with Gasteiger partial charge in [0.1, 0.15) is 11.8 Å². The van der Waals surface area contributed by atoms with Gasteiger partial charge in [0.25, 0.3) is 0 Å². The van der Waals surface area contributed by atoms with Crippen LogP contribution >= 0.6 is 23.4 Å². The zero-order valence-electron chi connectivity index (χ0n) is 19.4. The number of methoxy groups -OCH3 is 1. The third kappa shape index (κ3) is 5.23. The molecule has 2 aromatic carbocycles. The highest BCUT2D eigenvalue weighted by Crippen LogP contribution is 2.38. The number of thioether (sulfide) groups is 1. The largest absolute Gasteiger partial charge is 0.494 e. The number of nitrogens with zero attached hydrogens (tertiary/aromatic N) is 3. The van der Waals surface area contributed by atoms with Crippen molar-refractivity contribution in [3.8, 4) is 5.75 Å². The van der Waals surface area contributed by atoms with Crippen molar-refractivity contribution in [3.63, 3.8) is 0 Å². The van der Waals surface area contributed by atoms with Gasteiger partial charge in [0.05, 0.1) is 19.3 Å². The third-order valence-electron chi connectivity index (χ3n) is 5.49. The summed E-state index contributed by atoms with van der Waals surface area (Å²) in [6.45, 7) is 4.61. The summed E-state index contributed by atoms with van der Waals surface area (Å²) in [5.74, 6) is 1.53. The van der Waals surface area contributed by atoms with E-state index in [4.69, 9.17) is 26.2 Å². The van der Waals surface area contributed by atoms with Crippen molar-refractivity contribution in [1.29, 1.82) is 0 Å². The number of hydrogen-bond donors (Lipinski definition) is 1. The lowest BCUT2D eigenvalue weighted by atomic mass is 9.95. The first kappa shape index (κ1) is 24.2. The van der Waals surface area contributed by atoms with Crippen LogP contribution in [0.2, 0.25) is 5.02 Å². The molecule has 1 unspecified atom stereocenters. The summed E-state index contributed by atoms with van der Waals surface area (Å²) < 4.78 is 12.8. The van der Waals surface area contributed by atoms with Gasteiger partial charge in [-0.3, -0.25) is 0 Å². The number of hydrogen-bond acceptors (Lipinski definition) is 7. The second-order valence-corrected chi connectivity index (χ2v) is 9.22. The Balaban J connectivity index is 1.67. The van der Waals surface area contributed by atoms with Crippen molar-refractivity contribution < 1.29 is 14.3 Å². The monoisotopic (exact) mass is 498 g/mol. The Morgan fingerprint density at radius 2 is 2.06 bits per heavy atom. The zero-order valence-corrected chi connectivity index (χ0v) is 20.9. The molecule has 1 atom stereocenters. The molecular weight excluding hydrogens is 472 g/mol. The van der Waals surface area contributed by atoms with Crippen LogP contribution in [-0.4, -0.2) is 34.5 Å². The van der Waals surface area contributed by atoms with E-state index in [9.17, 15) is 4.79 Å². The molecule has 3 aromatic rings. The molecule has 2 heterocycles. The highest BCUT2D eigenvalue weighted by Gasteiger charge is 2.35. The number of fused-ring (bicyclic) bond motifs is 1. The number of esters is 1. The molecule has 178 valence electrons. The Kier molecular flexibility index (Phi) is 7.80. The molecule has 34 heavy (non-hydrogen) atoms. The molecular formula is C25H27ClN4O3S. The number of carbonyl (C=O) groups is 1. The van der Waals surface area contributed by atoms with E-state index >= 15 is 0 Å². The first-order chi connectivity index (χ1) is 16.5. The van der Waals surface area contributed by atoms with E-state index in [1.165, 1.54) is 18.9 Å². The standard InChI is InChI=1S/C25H27ClN4O3S/c1-4-5-13-33-19-11-8-10-17(14-19)22-21(23(31)32-3)16(2)27-24-28-25(29-30(22)24)34-15-18-9-6-7-12-20(18)26/h6-12,14,22H,4-5,13,15H2,1-3H3,(H,27,28,29). The van der Waals surface area contributed by atoms with Crippen LogP contribution in [0.5, 0.6) is 5.75 Å². The fourth-order valence-electron chi connectivity index (χ4n) is 3.74. The summed E-state index contributed by atoms with van der Waals surface area (Å²) in [5.41, 5.74) is 3.03. The van der Waals surface area contributed by atoms with E-state index < -0.39 is 12.0 Å². The first-order valence-electron chi connectivity index (χ1n) is 11.1. The van der Waals surface area contributed by atoms with Gasteiger partial charge in [0, 0.05) is 16.5 Å². The number of halogens is 1. The average Bonchev–Trinajstić information content (AvgIpc) is 3.25. The maximum absolute atomic E-state index is 12.8. The lowest BCUT2D eigenvalue weighted by Gasteiger charge is -2.28. The van der Waals surface area contributed by atoms with Gasteiger partial charge >= 0.3 is 5.97 Å². The van der Waals surface area contributed by atoms with E-state index in [0.29, 0.717) is 39.8 Å². The van der Waals surface area contributed by atoms with Crippen molar-refractivity contribution in [2.75, 3.05) is 19.0 Å². The minimum atomic E-state index is -0.499. The zero-order chi connectivity index (χ0) is 24.1. The minimum Gasteiger partial charge on any atom is -0.494 e. The molecule has 1 N–H and O–H groups in total. The minimum absolute atomic E-state index is 0.418. The van der Waals surface area contributed by atoms with E-state index in [2.05, 4.69) is 17.2 Å². The number of ether oxygens (including phenoxy) is 2. The number of carbonyl (C=O) groups excluding carboxylic acids is 1. The SMILES string of the molecule is CCCCOc1cccc(C2C(C(=O)OC)=C(C)Nc3nc(SCc4ccccc4Cl)nn32)c1. The summed E-state index contributed by atoms with van der Waals surface area (Å²) in [4.78, 5) is 17.5. The Bertz CT molecular complexity index is 1210. The number of anilines is 1. The third-order valence-corrected chi connectivity index (χ3v) is 6.75. The lowest BCUT2D eigenvalue weighted by molar-refractivity contribution is -0.136. The van der Waals surface area contributed by atoms with Gasteiger partial charge < -0.3 is 14.8 Å². The van der Waals surface area contributed by atoms with E-state index in [1.54, 1.807) is 4.68 Å². The van der Waals surface area contributed by atoms with Crippen LogP contribution in [-0.2, 0) is 15.3 Å². The van der Waals surface area contributed by atoms with Gasteiger partial charge in [-0.1, -0.05) is 67.0 Å². The summed E-state index contributed by atoms with van der Waals surface area (Å²) >= 11 is 7.79. The van der Waals surface area contributed by atoms with Crippen molar-refractivity contribution in [2.24, 2.45) is 0 Å². The molecule has 0 spiro atoms. The molecule has 0 aliphatic carbocycles. The molecule has 0 bridgehead atoms. The molecule has 0 fully saturated rings.